The Morgan fingerprint density at radius 2 is 2.16 bits per heavy atom. The second kappa shape index (κ2) is 5.91. The molecule has 0 radical (unpaired) electrons. The summed E-state index contributed by atoms with van der Waals surface area (Å²) in [5.41, 5.74) is 0. The first-order valence-electron chi connectivity index (χ1n) is 6.64. The molecule has 3 unspecified atom stereocenters. The molecule has 0 spiro atoms. The highest BCUT2D eigenvalue weighted by atomic mass is 16.4. The van der Waals surface area contributed by atoms with Crippen molar-refractivity contribution < 1.29 is 19.1 Å². The highest BCUT2D eigenvalue weighted by molar-refractivity contribution is 5.85. The Bertz CT molecular complexity index is 440. The average molecular weight is 265 g/mol. The molecule has 0 aliphatic heterocycles. The number of carboxylic acids is 1. The maximum atomic E-state index is 12.1. The lowest BCUT2D eigenvalue weighted by molar-refractivity contribution is -0.146. The number of furan rings is 1. The van der Waals surface area contributed by atoms with E-state index in [0.717, 1.165) is 6.42 Å². The van der Waals surface area contributed by atoms with Crippen LogP contribution in [0.1, 0.15) is 31.9 Å². The molecule has 19 heavy (non-hydrogen) atoms. The SMILES string of the molecule is CCC1CC(C(=O)O)C(C(=O)NCc2ccco2)C1. The van der Waals surface area contributed by atoms with Gasteiger partial charge in [-0.15, -0.1) is 0 Å². The van der Waals surface area contributed by atoms with Crippen molar-refractivity contribution in [2.24, 2.45) is 17.8 Å². The van der Waals surface area contributed by atoms with E-state index in [9.17, 15) is 14.7 Å². The van der Waals surface area contributed by atoms with Crippen LogP contribution in [0.4, 0.5) is 0 Å². The van der Waals surface area contributed by atoms with E-state index < -0.39 is 17.8 Å². The summed E-state index contributed by atoms with van der Waals surface area (Å²) in [6.45, 7) is 2.35. The third-order valence-corrected chi connectivity index (χ3v) is 3.91. The van der Waals surface area contributed by atoms with Crippen molar-refractivity contribution in [3.05, 3.63) is 24.2 Å². The van der Waals surface area contributed by atoms with Crippen molar-refractivity contribution in [2.45, 2.75) is 32.7 Å². The molecule has 0 bridgehead atoms. The fraction of sp³-hybridized carbons (Fsp3) is 0.571. The molecule has 0 aromatic carbocycles. The standard InChI is InChI=1S/C14H19NO4/c1-2-9-6-11(12(7-9)14(17)18)13(16)15-8-10-4-3-5-19-10/h3-5,9,11-12H,2,6-8H2,1H3,(H,15,16)(H,17,18). The van der Waals surface area contributed by atoms with Gasteiger partial charge in [0.2, 0.25) is 5.91 Å². The summed E-state index contributed by atoms with van der Waals surface area (Å²) >= 11 is 0. The van der Waals surface area contributed by atoms with Gasteiger partial charge in [-0.25, -0.2) is 0 Å². The molecule has 1 aliphatic rings. The minimum Gasteiger partial charge on any atom is -0.481 e. The van der Waals surface area contributed by atoms with E-state index in [1.165, 1.54) is 0 Å². The van der Waals surface area contributed by atoms with Gasteiger partial charge >= 0.3 is 5.97 Å². The molecular weight excluding hydrogens is 246 g/mol. The Balaban J connectivity index is 1.94. The van der Waals surface area contributed by atoms with Crippen LogP contribution in [-0.2, 0) is 16.1 Å². The second-order valence-electron chi connectivity index (χ2n) is 5.09. The predicted molar refractivity (Wildman–Crippen MR) is 68.2 cm³/mol. The fourth-order valence-corrected chi connectivity index (χ4v) is 2.76. The van der Waals surface area contributed by atoms with E-state index in [0.29, 0.717) is 31.1 Å². The van der Waals surface area contributed by atoms with E-state index in [1.807, 2.05) is 6.92 Å². The summed E-state index contributed by atoms with van der Waals surface area (Å²) in [5.74, 6) is -1.02. The molecular formula is C14H19NO4. The van der Waals surface area contributed by atoms with Crippen LogP contribution in [0.5, 0.6) is 0 Å². The zero-order valence-corrected chi connectivity index (χ0v) is 11.0. The molecule has 104 valence electrons. The zero-order chi connectivity index (χ0) is 13.8. The maximum Gasteiger partial charge on any atom is 0.307 e. The van der Waals surface area contributed by atoms with Gasteiger partial charge in [0.25, 0.3) is 0 Å². The number of hydrogen-bond acceptors (Lipinski definition) is 3. The smallest absolute Gasteiger partial charge is 0.307 e. The Morgan fingerprint density at radius 1 is 1.42 bits per heavy atom. The number of carboxylic acid groups (broad SMARTS) is 1. The van der Waals surface area contributed by atoms with Gasteiger partial charge in [-0.2, -0.15) is 0 Å². The average Bonchev–Trinajstić information content (AvgIpc) is 3.04. The number of nitrogens with one attached hydrogen (secondary N) is 1. The summed E-state index contributed by atoms with van der Waals surface area (Å²) in [7, 11) is 0. The molecule has 2 N–H and O–H groups in total. The molecule has 1 amide bonds. The number of rotatable bonds is 5. The number of carbonyl (C=O) groups excluding carboxylic acids is 1. The van der Waals surface area contributed by atoms with E-state index in [2.05, 4.69) is 5.32 Å². The van der Waals surface area contributed by atoms with Crippen molar-refractivity contribution in [1.82, 2.24) is 5.32 Å². The number of hydrogen-bond donors (Lipinski definition) is 2. The molecule has 2 rings (SSSR count). The topological polar surface area (TPSA) is 79.5 Å². The molecule has 5 nitrogen and oxygen atoms in total. The minimum absolute atomic E-state index is 0.181. The number of aliphatic carboxylic acids is 1. The highest BCUT2D eigenvalue weighted by Gasteiger charge is 2.41. The first-order valence-corrected chi connectivity index (χ1v) is 6.64. The molecule has 1 aliphatic carbocycles. The minimum atomic E-state index is -0.867. The van der Waals surface area contributed by atoms with Gasteiger partial charge in [0.15, 0.2) is 0 Å². The zero-order valence-electron chi connectivity index (χ0n) is 11.0. The molecule has 3 atom stereocenters. The monoisotopic (exact) mass is 265 g/mol. The Hall–Kier alpha value is -1.78. The molecule has 1 saturated carbocycles. The van der Waals surface area contributed by atoms with Gasteiger partial charge in [0.1, 0.15) is 5.76 Å². The van der Waals surface area contributed by atoms with Gasteiger partial charge in [-0.05, 0) is 30.9 Å². The van der Waals surface area contributed by atoms with Crippen molar-refractivity contribution >= 4 is 11.9 Å². The van der Waals surface area contributed by atoms with E-state index in [1.54, 1.807) is 18.4 Å². The first kappa shape index (κ1) is 13.6. The molecule has 1 fully saturated rings. The lowest BCUT2D eigenvalue weighted by atomic mass is 9.95. The number of amides is 1. The van der Waals surface area contributed by atoms with Crippen LogP contribution in [0.15, 0.2) is 22.8 Å². The molecule has 5 heteroatoms. The van der Waals surface area contributed by atoms with Gasteiger partial charge in [-0.1, -0.05) is 13.3 Å². The summed E-state index contributed by atoms with van der Waals surface area (Å²) < 4.78 is 5.13. The quantitative estimate of drug-likeness (QED) is 0.853. The van der Waals surface area contributed by atoms with Crippen LogP contribution in [-0.4, -0.2) is 17.0 Å². The third kappa shape index (κ3) is 3.16. The second-order valence-corrected chi connectivity index (χ2v) is 5.09. The van der Waals surface area contributed by atoms with Crippen molar-refractivity contribution in [1.29, 1.82) is 0 Å². The van der Waals surface area contributed by atoms with Crippen molar-refractivity contribution in [3.63, 3.8) is 0 Å². The summed E-state index contributed by atoms with van der Waals surface area (Å²) in [6, 6.07) is 3.53. The van der Waals surface area contributed by atoms with Gasteiger partial charge < -0.3 is 14.8 Å². The van der Waals surface area contributed by atoms with Crippen molar-refractivity contribution in [2.75, 3.05) is 0 Å². The third-order valence-electron chi connectivity index (χ3n) is 3.91. The first-order chi connectivity index (χ1) is 9.11. The van der Waals surface area contributed by atoms with Crippen LogP contribution in [0.25, 0.3) is 0 Å². The molecule has 1 aromatic rings. The Labute approximate surface area is 112 Å². The van der Waals surface area contributed by atoms with Gasteiger partial charge in [0.05, 0.1) is 24.6 Å². The van der Waals surface area contributed by atoms with Crippen LogP contribution >= 0.6 is 0 Å². The summed E-state index contributed by atoms with van der Waals surface area (Å²) in [5, 5.41) is 12.0. The normalized spacial score (nSPS) is 26.3. The van der Waals surface area contributed by atoms with Gasteiger partial charge in [-0.3, -0.25) is 9.59 Å². The maximum absolute atomic E-state index is 12.1. The summed E-state index contributed by atoms with van der Waals surface area (Å²) in [6.07, 6.45) is 3.73. The van der Waals surface area contributed by atoms with E-state index in [-0.39, 0.29) is 5.91 Å². The molecule has 0 saturated heterocycles. The largest absolute Gasteiger partial charge is 0.481 e. The lowest BCUT2D eigenvalue weighted by Crippen LogP contribution is -2.34. The molecule has 1 aromatic heterocycles. The van der Waals surface area contributed by atoms with Crippen LogP contribution in [0, 0.1) is 17.8 Å². The van der Waals surface area contributed by atoms with E-state index in [4.69, 9.17) is 4.42 Å². The predicted octanol–water partition coefficient (Wildman–Crippen LogP) is 2.03. The molecule has 1 heterocycles. The lowest BCUT2D eigenvalue weighted by Gasteiger charge is -2.14. The highest BCUT2D eigenvalue weighted by Crippen LogP contribution is 2.38. The van der Waals surface area contributed by atoms with E-state index >= 15 is 0 Å². The van der Waals surface area contributed by atoms with Crippen LogP contribution in [0.3, 0.4) is 0 Å². The van der Waals surface area contributed by atoms with Crippen LogP contribution < -0.4 is 5.32 Å². The van der Waals surface area contributed by atoms with Crippen LogP contribution in [0.2, 0.25) is 0 Å². The fourth-order valence-electron chi connectivity index (χ4n) is 2.76. The number of carbonyl (C=O) groups is 2. The Morgan fingerprint density at radius 3 is 2.74 bits per heavy atom. The van der Waals surface area contributed by atoms with Gasteiger partial charge in [0, 0.05) is 0 Å². The summed E-state index contributed by atoms with van der Waals surface area (Å²) in [4.78, 5) is 23.3. The Kier molecular flexibility index (Phi) is 4.24. The van der Waals surface area contributed by atoms with Crippen molar-refractivity contribution in [3.8, 4) is 0 Å².